The summed E-state index contributed by atoms with van der Waals surface area (Å²) >= 11 is 0. The van der Waals surface area contributed by atoms with Crippen LogP contribution in [0.4, 0.5) is 5.69 Å². The van der Waals surface area contributed by atoms with E-state index in [9.17, 15) is 15.0 Å². The van der Waals surface area contributed by atoms with Crippen LogP contribution in [0.5, 0.6) is 0 Å². The fraction of sp³-hybridized carbons (Fsp3) is 0.316. The van der Waals surface area contributed by atoms with Crippen molar-refractivity contribution in [2.75, 3.05) is 12.3 Å². The minimum absolute atomic E-state index is 0.420. The second-order valence-corrected chi connectivity index (χ2v) is 6.89. The summed E-state index contributed by atoms with van der Waals surface area (Å²) in [6.45, 7) is -0.420. The van der Waals surface area contributed by atoms with Crippen molar-refractivity contribution in [1.82, 2.24) is 19.9 Å². The van der Waals surface area contributed by atoms with Crippen LogP contribution < -0.4 is 16.8 Å². The number of rotatable bonds is 5. The number of carbonyl (C=O) groups is 1. The first-order valence-corrected chi connectivity index (χ1v) is 9.13. The molecule has 152 valence electrons. The minimum atomic E-state index is -1.16. The minimum Gasteiger partial charge on any atom is -0.397 e. The number of amides is 1. The highest BCUT2D eigenvalue weighted by molar-refractivity contribution is 5.84. The first-order chi connectivity index (χ1) is 14.0. The number of nitrogens with two attached hydrogens (primary N) is 2. The molecule has 0 saturated carbocycles. The second-order valence-electron chi connectivity index (χ2n) is 6.89. The molecular formula is C19H22N6O4. The molecule has 2 aromatic heterocycles. The molecule has 29 heavy (non-hydrogen) atoms. The van der Waals surface area contributed by atoms with Crippen LogP contribution in [-0.4, -0.2) is 55.5 Å². The first kappa shape index (κ1) is 19.3. The molecule has 4 rings (SSSR count). The molecule has 2 unspecified atom stereocenters. The topological polar surface area (TPSA) is 162 Å². The zero-order valence-corrected chi connectivity index (χ0v) is 15.4. The summed E-state index contributed by atoms with van der Waals surface area (Å²) in [7, 11) is 0. The number of aliphatic hydroxyl groups excluding tert-OH is 2. The van der Waals surface area contributed by atoms with Crippen LogP contribution in [0.1, 0.15) is 17.8 Å². The Labute approximate surface area is 166 Å². The van der Waals surface area contributed by atoms with E-state index >= 15 is 0 Å². The van der Waals surface area contributed by atoms with Gasteiger partial charge in [-0.2, -0.15) is 0 Å². The summed E-state index contributed by atoms with van der Waals surface area (Å²) in [4.78, 5) is 21.3. The van der Waals surface area contributed by atoms with E-state index in [-0.39, 0.29) is 0 Å². The highest BCUT2D eigenvalue weighted by Gasteiger charge is 2.46. The van der Waals surface area contributed by atoms with Gasteiger partial charge in [0.1, 0.15) is 29.8 Å². The number of benzene rings is 1. The fourth-order valence-corrected chi connectivity index (χ4v) is 3.50. The monoisotopic (exact) mass is 398 g/mol. The van der Waals surface area contributed by atoms with Crippen molar-refractivity contribution in [3.63, 3.8) is 0 Å². The van der Waals surface area contributed by atoms with E-state index in [2.05, 4.69) is 15.3 Å². The van der Waals surface area contributed by atoms with E-state index in [1.807, 2.05) is 6.07 Å². The number of anilines is 1. The maximum Gasteiger partial charge on any atom is 0.241 e. The molecule has 1 aliphatic rings. The first-order valence-electron chi connectivity index (χ1n) is 9.13. The molecule has 1 amide bonds. The van der Waals surface area contributed by atoms with Crippen LogP contribution in [0.2, 0.25) is 0 Å². The van der Waals surface area contributed by atoms with E-state index < -0.39 is 43.0 Å². The standard InChI is InChI=1S/C19H22N6O4/c20-11-6-7-22-17-14(11)23-9-25(17)19-15(16(27)12(8-26)29-19)24-18(28)13(21)10-4-2-1-3-5-10/h1-7,9,12-13,15-16,19,26-27H,8,21H2,(H2,20,22)(H,24,28)/t12-,13?,15?,16+,19-/m1/s1. The Bertz CT molecular complexity index is 1010. The van der Waals surface area contributed by atoms with Gasteiger partial charge >= 0.3 is 0 Å². The van der Waals surface area contributed by atoms with Crippen molar-refractivity contribution >= 4 is 22.8 Å². The average Bonchev–Trinajstić information content (AvgIpc) is 3.30. The molecule has 10 heteroatoms. The number of ether oxygens (including phenoxy) is 1. The lowest BCUT2D eigenvalue weighted by Gasteiger charge is -2.24. The Hall–Kier alpha value is -3.05. The molecule has 1 saturated heterocycles. The average molecular weight is 398 g/mol. The molecule has 0 aliphatic carbocycles. The number of nitrogens with one attached hydrogen (secondary N) is 1. The lowest BCUT2D eigenvalue weighted by Crippen LogP contribution is -2.49. The van der Waals surface area contributed by atoms with Gasteiger partial charge in [0.05, 0.1) is 18.6 Å². The van der Waals surface area contributed by atoms with E-state index in [1.165, 1.54) is 12.5 Å². The summed E-state index contributed by atoms with van der Waals surface area (Å²) in [5, 5.41) is 22.9. The Morgan fingerprint density at radius 1 is 1.28 bits per heavy atom. The highest BCUT2D eigenvalue weighted by Crippen LogP contribution is 2.32. The summed E-state index contributed by atoms with van der Waals surface area (Å²) in [5.74, 6) is -0.482. The number of nitrogen functional groups attached to an aromatic ring is 1. The normalized spacial score (nSPS) is 25.2. The maximum atomic E-state index is 12.7. The molecule has 3 aromatic rings. The molecule has 0 bridgehead atoms. The molecule has 1 fully saturated rings. The maximum absolute atomic E-state index is 12.7. The van der Waals surface area contributed by atoms with Crippen LogP contribution in [-0.2, 0) is 9.53 Å². The van der Waals surface area contributed by atoms with Gasteiger partial charge in [0.15, 0.2) is 11.9 Å². The Kier molecular flexibility index (Phi) is 5.16. The molecule has 10 nitrogen and oxygen atoms in total. The third-order valence-electron chi connectivity index (χ3n) is 5.07. The molecule has 7 N–H and O–H groups in total. The third-order valence-corrected chi connectivity index (χ3v) is 5.07. The molecule has 5 atom stereocenters. The Morgan fingerprint density at radius 3 is 2.76 bits per heavy atom. The molecule has 1 aromatic carbocycles. The smallest absolute Gasteiger partial charge is 0.241 e. The summed E-state index contributed by atoms with van der Waals surface area (Å²) < 4.78 is 7.37. The van der Waals surface area contributed by atoms with Crippen LogP contribution in [0.25, 0.3) is 11.2 Å². The third kappa shape index (κ3) is 3.42. The number of hydrogen-bond donors (Lipinski definition) is 5. The van der Waals surface area contributed by atoms with E-state index in [4.69, 9.17) is 16.2 Å². The summed E-state index contributed by atoms with van der Waals surface area (Å²) in [6.07, 6.45) is 0.103. The zero-order chi connectivity index (χ0) is 20.5. The van der Waals surface area contributed by atoms with Crippen molar-refractivity contribution in [3.05, 3.63) is 54.5 Å². The van der Waals surface area contributed by atoms with Gasteiger partial charge in [-0.15, -0.1) is 0 Å². The van der Waals surface area contributed by atoms with Crippen molar-refractivity contribution < 1.29 is 19.7 Å². The van der Waals surface area contributed by atoms with Gasteiger partial charge in [-0.05, 0) is 11.6 Å². The van der Waals surface area contributed by atoms with Gasteiger partial charge in [-0.1, -0.05) is 30.3 Å². The number of pyridine rings is 1. The fourth-order valence-electron chi connectivity index (χ4n) is 3.50. The molecule has 0 radical (unpaired) electrons. The van der Waals surface area contributed by atoms with Gasteiger partial charge in [0.2, 0.25) is 5.91 Å². The van der Waals surface area contributed by atoms with E-state index in [0.717, 1.165) is 0 Å². The van der Waals surface area contributed by atoms with E-state index in [1.54, 1.807) is 34.9 Å². The van der Waals surface area contributed by atoms with Gasteiger partial charge in [-0.25, -0.2) is 9.97 Å². The highest BCUT2D eigenvalue weighted by atomic mass is 16.5. The molecule has 0 spiro atoms. The summed E-state index contributed by atoms with van der Waals surface area (Å²) in [5.41, 5.74) is 14.0. The molecule has 1 aliphatic heterocycles. The molecule has 3 heterocycles. The Balaban J connectivity index is 1.64. The van der Waals surface area contributed by atoms with Crippen molar-refractivity contribution in [3.8, 4) is 0 Å². The largest absolute Gasteiger partial charge is 0.397 e. The van der Waals surface area contributed by atoms with Crippen molar-refractivity contribution in [2.45, 2.75) is 30.5 Å². The van der Waals surface area contributed by atoms with E-state index in [0.29, 0.717) is 22.4 Å². The van der Waals surface area contributed by atoms with Crippen molar-refractivity contribution in [2.24, 2.45) is 5.73 Å². The quantitative estimate of drug-likeness (QED) is 0.382. The second kappa shape index (κ2) is 7.76. The van der Waals surface area contributed by atoms with Gasteiger partial charge in [-0.3, -0.25) is 9.36 Å². The predicted octanol–water partition coefficient (Wildman–Crippen LogP) is -0.551. The number of aliphatic hydroxyl groups is 2. The lowest BCUT2D eigenvalue weighted by molar-refractivity contribution is -0.124. The Morgan fingerprint density at radius 2 is 2.03 bits per heavy atom. The lowest BCUT2D eigenvalue weighted by atomic mass is 10.0. The molecular weight excluding hydrogens is 376 g/mol. The van der Waals surface area contributed by atoms with Gasteiger partial charge in [0, 0.05) is 6.20 Å². The van der Waals surface area contributed by atoms with Crippen molar-refractivity contribution in [1.29, 1.82) is 0 Å². The van der Waals surface area contributed by atoms with Gasteiger partial charge in [0.25, 0.3) is 0 Å². The SMILES string of the molecule is Nc1ccnc2c1ncn2[C@@H]1O[C@H](CO)[C@H](O)C1NC(=O)C(N)c1ccccc1. The van der Waals surface area contributed by atoms with Crippen LogP contribution in [0.15, 0.2) is 48.9 Å². The van der Waals surface area contributed by atoms with Crippen LogP contribution >= 0.6 is 0 Å². The predicted molar refractivity (Wildman–Crippen MR) is 104 cm³/mol. The number of carbonyl (C=O) groups excluding carboxylic acids is 1. The number of imidazole rings is 1. The number of fused-ring (bicyclic) bond motifs is 1. The summed E-state index contributed by atoms with van der Waals surface area (Å²) in [6, 6.07) is 8.71. The van der Waals surface area contributed by atoms with Gasteiger partial charge < -0.3 is 31.7 Å². The number of nitrogens with zero attached hydrogens (tertiary/aromatic N) is 3. The number of aromatic nitrogens is 3. The van der Waals surface area contributed by atoms with Crippen LogP contribution in [0, 0.1) is 0 Å². The zero-order valence-electron chi connectivity index (χ0n) is 15.4. The van der Waals surface area contributed by atoms with Crippen LogP contribution in [0.3, 0.4) is 0 Å². The number of hydrogen-bond acceptors (Lipinski definition) is 8.